The number of aliphatic imine (C=N–C) groups is 1. The molecule has 10 nitrogen and oxygen atoms in total. The molecular formula is C13H15N5O5S. The first-order chi connectivity index (χ1) is 11.0. The first kappa shape index (κ1) is 16.3. The summed E-state index contributed by atoms with van der Waals surface area (Å²) in [6.07, 6.45) is -1.01. The largest absolute Gasteiger partial charge is 0.390 e. The molecule has 0 unspecified atom stereocenters. The minimum Gasteiger partial charge on any atom is -0.390 e. The molecule has 128 valence electrons. The zero-order valence-corrected chi connectivity index (χ0v) is 13.6. The van der Waals surface area contributed by atoms with Gasteiger partial charge < -0.3 is 10.8 Å². The molecule has 4 N–H and O–H groups in total. The van der Waals surface area contributed by atoms with Crippen LogP contribution in [-0.4, -0.2) is 36.2 Å². The van der Waals surface area contributed by atoms with Gasteiger partial charge in [-0.15, -0.1) is 4.40 Å². The molecule has 1 aliphatic heterocycles. The Kier molecular flexibility index (Phi) is 3.39. The lowest BCUT2D eigenvalue weighted by Gasteiger charge is -2.25. The number of aliphatic hydroxyl groups excluding tert-OH is 1. The Morgan fingerprint density at radius 2 is 2.12 bits per heavy atom. The van der Waals surface area contributed by atoms with Gasteiger partial charge in [0.1, 0.15) is 6.04 Å². The lowest BCUT2D eigenvalue weighted by Crippen LogP contribution is -2.34. The molecule has 3 rings (SSSR count). The maximum absolute atomic E-state index is 11.4. The molecule has 11 heteroatoms. The van der Waals surface area contributed by atoms with Gasteiger partial charge in [0.2, 0.25) is 0 Å². The van der Waals surface area contributed by atoms with Crippen molar-refractivity contribution in [2.45, 2.75) is 31.4 Å². The molecule has 0 radical (unpaired) electrons. The van der Waals surface area contributed by atoms with Crippen molar-refractivity contribution in [3.8, 4) is 0 Å². The molecule has 0 saturated carbocycles. The summed E-state index contributed by atoms with van der Waals surface area (Å²) in [4.78, 5) is 14.6. The predicted molar refractivity (Wildman–Crippen MR) is 86.0 cm³/mol. The number of hydrogen-bond acceptors (Lipinski definition) is 7. The Hall–Kier alpha value is -2.53. The van der Waals surface area contributed by atoms with Gasteiger partial charge >= 0.3 is 10.2 Å². The molecule has 0 fully saturated rings. The standard InChI is InChI=1S/C13H15N5O5S/c1-13(2)8-4-3-6(18(20)21)5-7(8)9(10(13)19)15-12-11(14)16-24(22,23)17-12/h3-5,9-10,19H,1-2H3,(H2,14,16)(H,15,17)/t9-,10+/m0/s1. The monoisotopic (exact) mass is 353 g/mol. The maximum Gasteiger partial charge on any atom is 0.345 e. The van der Waals surface area contributed by atoms with Gasteiger partial charge in [0.15, 0.2) is 11.7 Å². The van der Waals surface area contributed by atoms with Crippen molar-refractivity contribution in [2.24, 2.45) is 15.1 Å². The number of aliphatic hydroxyl groups is 1. The van der Waals surface area contributed by atoms with Crippen molar-refractivity contribution in [3.05, 3.63) is 39.4 Å². The van der Waals surface area contributed by atoms with E-state index in [0.29, 0.717) is 11.1 Å². The van der Waals surface area contributed by atoms with E-state index in [2.05, 4.69) is 14.1 Å². The van der Waals surface area contributed by atoms with Crippen molar-refractivity contribution < 1.29 is 18.4 Å². The number of amidine groups is 2. The number of nitro benzene ring substituents is 1. The molecule has 24 heavy (non-hydrogen) atoms. The summed E-state index contributed by atoms with van der Waals surface area (Å²) in [6, 6.07) is 3.36. The Morgan fingerprint density at radius 3 is 2.67 bits per heavy atom. The lowest BCUT2D eigenvalue weighted by molar-refractivity contribution is -0.384. The van der Waals surface area contributed by atoms with E-state index in [1.165, 1.54) is 12.1 Å². The summed E-state index contributed by atoms with van der Waals surface area (Å²) in [5.74, 6) is -0.506. The van der Waals surface area contributed by atoms with Crippen molar-refractivity contribution in [3.63, 3.8) is 0 Å². The van der Waals surface area contributed by atoms with E-state index in [1.807, 2.05) is 0 Å². The number of non-ortho nitro benzene ring substituents is 1. The third-order valence-electron chi connectivity index (χ3n) is 4.25. The van der Waals surface area contributed by atoms with Crippen LogP contribution in [0.2, 0.25) is 0 Å². The molecule has 0 aromatic heterocycles. The molecular weight excluding hydrogens is 338 g/mol. The molecule has 0 saturated heterocycles. The average Bonchev–Trinajstić information content (AvgIpc) is 2.84. The summed E-state index contributed by atoms with van der Waals surface area (Å²) in [7, 11) is -3.94. The third kappa shape index (κ3) is 2.41. The van der Waals surface area contributed by atoms with E-state index < -0.39 is 32.7 Å². The van der Waals surface area contributed by atoms with Gasteiger partial charge in [-0.2, -0.15) is 8.42 Å². The molecule has 1 heterocycles. The zero-order valence-electron chi connectivity index (χ0n) is 12.8. The maximum atomic E-state index is 11.4. The highest BCUT2D eigenvalue weighted by molar-refractivity contribution is 7.89. The molecule has 1 aromatic carbocycles. The van der Waals surface area contributed by atoms with E-state index in [9.17, 15) is 23.6 Å². The Labute approximate surface area is 137 Å². The van der Waals surface area contributed by atoms with Gasteiger partial charge in [-0.05, 0) is 11.1 Å². The molecule has 2 atom stereocenters. The predicted octanol–water partition coefficient (Wildman–Crippen LogP) is -0.108. The third-order valence-corrected chi connectivity index (χ3v) is 5.14. The first-order valence-electron chi connectivity index (χ1n) is 6.96. The van der Waals surface area contributed by atoms with E-state index in [4.69, 9.17) is 5.73 Å². The Balaban J connectivity index is 2.13. The zero-order chi connectivity index (χ0) is 17.9. The second-order valence-electron chi connectivity index (χ2n) is 6.17. The van der Waals surface area contributed by atoms with Gasteiger partial charge in [-0.1, -0.05) is 19.9 Å². The topological polar surface area (TPSA) is 160 Å². The fraction of sp³-hybridized carbons (Fsp3) is 0.385. The van der Waals surface area contributed by atoms with Crippen molar-refractivity contribution in [2.75, 3.05) is 0 Å². The van der Waals surface area contributed by atoms with Crippen LogP contribution in [0.3, 0.4) is 0 Å². The number of nitrogens with one attached hydrogen (secondary N) is 1. The van der Waals surface area contributed by atoms with Gasteiger partial charge in [0.05, 0.1) is 11.0 Å². The number of rotatable bonds is 2. The average molecular weight is 353 g/mol. The summed E-state index contributed by atoms with van der Waals surface area (Å²) in [5.41, 5.74) is 5.82. The van der Waals surface area contributed by atoms with Gasteiger partial charge in [0.25, 0.3) is 5.69 Å². The second-order valence-corrected chi connectivity index (χ2v) is 7.51. The number of hydrogen-bond donors (Lipinski definition) is 3. The van der Waals surface area contributed by atoms with Crippen LogP contribution in [0.25, 0.3) is 0 Å². The number of benzene rings is 1. The molecule has 2 aliphatic rings. The fourth-order valence-corrected chi connectivity index (χ4v) is 3.75. The SMILES string of the molecule is CC1(C)c2ccc([N+](=O)[O-])cc2[C@H](N=C2NS(=O)(=O)N=C2N)[C@H]1O. The Bertz CT molecular complexity index is 905. The van der Waals surface area contributed by atoms with Gasteiger partial charge in [-0.3, -0.25) is 15.1 Å². The summed E-state index contributed by atoms with van der Waals surface area (Å²) < 4.78 is 28.1. The molecule has 0 amide bonds. The van der Waals surface area contributed by atoms with Crippen LogP contribution in [0.15, 0.2) is 27.6 Å². The van der Waals surface area contributed by atoms with Crippen LogP contribution in [0.4, 0.5) is 5.69 Å². The van der Waals surface area contributed by atoms with E-state index in [-0.39, 0.29) is 17.4 Å². The Morgan fingerprint density at radius 1 is 1.46 bits per heavy atom. The number of fused-ring (bicyclic) bond motifs is 1. The van der Waals surface area contributed by atoms with E-state index >= 15 is 0 Å². The van der Waals surface area contributed by atoms with E-state index in [1.54, 1.807) is 19.9 Å². The minimum absolute atomic E-state index is 0.141. The quantitative estimate of drug-likeness (QED) is 0.496. The number of nitrogens with zero attached hydrogens (tertiary/aromatic N) is 3. The minimum atomic E-state index is -3.94. The first-order valence-corrected chi connectivity index (χ1v) is 8.40. The summed E-state index contributed by atoms with van der Waals surface area (Å²) in [6.45, 7) is 3.55. The molecule has 0 bridgehead atoms. The number of nitro groups is 1. The fourth-order valence-electron chi connectivity index (χ4n) is 2.96. The number of nitrogens with two attached hydrogens (primary N) is 1. The van der Waals surface area contributed by atoms with Crippen LogP contribution < -0.4 is 10.5 Å². The highest BCUT2D eigenvalue weighted by Crippen LogP contribution is 2.47. The van der Waals surface area contributed by atoms with Gasteiger partial charge in [0, 0.05) is 17.5 Å². The van der Waals surface area contributed by atoms with Crippen LogP contribution in [0.1, 0.15) is 31.0 Å². The smallest absolute Gasteiger partial charge is 0.345 e. The molecule has 1 aromatic rings. The van der Waals surface area contributed by atoms with E-state index in [0.717, 1.165) is 0 Å². The van der Waals surface area contributed by atoms with Crippen molar-refractivity contribution in [1.82, 2.24) is 4.72 Å². The highest BCUT2D eigenvalue weighted by atomic mass is 32.2. The van der Waals surface area contributed by atoms with Crippen LogP contribution in [-0.2, 0) is 15.6 Å². The molecule has 0 spiro atoms. The normalized spacial score (nSPS) is 28.3. The second kappa shape index (κ2) is 4.98. The lowest BCUT2D eigenvalue weighted by atomic mass is 9.84. The molecule has 1 aliphatic carbocycles. The highest BCUT2D eigenvalue weighted by Gasteiger charge is 2.46. The van der Waals surface area contributed by atoms with Crippen LogP contribution in [0.5, 0.6) is 0 Å². The summed E-state index contributed by atoms with van der Waals surface area (Å²) >= 11 is 0. The van der Waals surface area contributed by atoms with Crippen LogP contribution in [0, 0.1) is 10.1 Å². The van der Waals surface area contributed by atoms with Crippen LogP contribution >= 0.6 is 0 Å². The van der Waals surface area contributed by atoms with Gasteiger partial charge in [-0.25, -0.2) is 4.72 Å². The summed E-state index contributed by atoms with van der Waals surface area (Å²) in [5, 5.41) is 21.6. The van der Waals surface area contributed by atoms with Crippen molar-refractivity contribution >= 4 is 27.6 Å². The van der Waals surface area contributed by atoms with Crippen molar-refractivity contribution in [1.29, 1.82) is 0 Å².